The van der Waals surface area contributed by atoms with Crippen molar-refractivity contribution < 1.29 is 14.5 Å². The number of benzene rings is 2. The standard InChI is InChI=1S/C19H17N3O4S/c1-2-13-5-3-8-16(9-13)26-11-18(23)21-19-20-17(12-27-19)14-6-4-7-15(10-14)22(24)25/h3-10,12H,2,11H2,1H3,(H,20,21,23). The molecule has 138 valence electrons. The number of nitro groups is 1. The fraction of sp³-hybridized carbons (Fsp3) is 0.158. The quantitative estimate of drug-likeness (QED) is 0.485. The number of carbonyl (C=O) groups is 1. The van der Waals surface area contributed by atoms with Gasteiger partial charge >= 0.3 is 0 Å². The largest absolute Gasteiger partial charge is 0.484 e. The van der Waals surface area contributed by atoms with E-state index >= 15 is 0 Å². The maximum atomic E-state index is 12.1. The van der Waals surface area contributed by atoms with Gasteiger partial charge in [0, 0.05) is 23.1 Å². The maximum Gasteiger partial charge on any atom is 0.270 e. The molecule has 0 saturated carbocycles. The van der Waals surface area contributed by atoms with Crippen LogP contribution in [0.4, 0.5) is 10.8 Å². The van der Waals surface area contributed by atoms with Crippen molar-refractivity contribution in [2.24, 2.45) is 0 Å². The van der Waals surface area contributed by atoms with Gasteiger partial charge in [-0.3, -0.25) is 20.2 Å². The van der Waals surface area contributed by atoms with Gasteiger partial charge in [-0.05, 0) is 24.1 Å². The van der Waals surface area contributed by atoms with Gasteiger partial charge in [0.05, 0.1) is 10.6 Å². The van der Waals surface area contributed by atoms with E-state index in [1.807, 2.05) is 25.1 Å². The van der Waals surface area contributed by atoms with E-state index < -0.39 is 4.92 Å². The van der Waals surface area contributed by atoms with E-state index in [2.05, 4.69) is 10.3 Å². The van der Waals surface area contributed by atoms with Crippen molar-refractivity contribution in [1.29, 1.82) is 0 Å². The van der Waals surface area contributed by atoms with Crippen LogP contribution >= 0.6 is 11.3 Å². The van der Waals surface area contributed by atoms with E-state index in [0.717, 1.165) is 12.0 Å². The predicted molar refractivity (Wildman–Crippen MR) is 104 cm³/mol. The van der Waals surface area contributed by atoms with Crippen LogP contribution in [0.2, 0.25) is 0 Å². The van der Waals surface area contributed by atoms with Crippen LogP contribution in [0.3, 0.4) is 0 Å². The van der Waals surface area contributed by atoms with Gasteiger partial charge in [-0.25, -0.2) is 4.98 Å². The van der Waals surface area contributed by atoms with Gasteiger partial charge in [0.1, 0.15) is 5.75 Å². The van der Waals surface area contributed by atoms with Crippen LogP contribution in [0.5, 0.6) is 5.75 Å². The van der Waals surface area contributed by atoms with E-state index in [1.165, 1.54) is 23.5 Å². The third-order valence-corrected chi connectivity index (χ3v) is 4.54. The summed E-state index contributed by atoms with van der Waals surface area (Å²) in [6, 6.07) is 13.8. The zero-order valence-corrected chi connectivity index (χ0v) is 15.4. The molecular weight excluding hydrogens is 366 g/mol. The summed E-state index contributed by atoms with van der Waals surface area (Å²) < 4.78 is 5.51. The lowest BCUT2D eigenvalue weighted by molar-refractivity contribution is -0.384. The smallest absolute Gasteiger partial charge is 0.270 e. The molecule has 8 heteroatoms. The van der Waals surface area contributed by atoms with Crippen LogP contribution in [0.25, 0.3) is 11.3 Å². The molecule has 0 aliphatic heterocycles. The molecule has 0 aliphatic carbocycles. The molecule has 0 saturated heterocycles. The first-order valence-electron chi connectivity index (χ1n) is 8.27. The van der Waals surface area contributed by atoms with Crippen molar-refractivity contribution in [3.8, 4) is 17.0 Å². The highest BCUT2D eigenvalue weighted by Gasteiger charge is 2.12. The molecule has 7 nitrogen and oxygen atoms in total. The van der Waals surface area contributed by atoms with Gasteiger partial charge in [-0.1, -0.05) is 31.2 Å². The molecule has 0 atom stereocenters. The fourth-order valence-electron chi connectivity index (χ4n) is 2.40. The van der Waals surface area contributed by atoms with Crippen molar-refractivity contribution in [2.75, 3.05) is 11.9 Å². The van der Waals surface area contributed by atoms with Crippen LogP contribution < -0.4 is 10.1 Å². The number of ether oxygens (including phenoxy) is 1. The molecule has 2 aromatic carbocycles. The number of thiazole rings is 1. The lowest BCUT2D eigenvalue weighted by Gasteiger charge is -2.07. The SMILES string of the molecule is CCc1cccc(OCC(=O)Nc2nc(-c3cccc([N+](=O)[O-])c3)cs2)c1. The number of nitro benzene ring substituents is 1. The van der Waals surface area contributed by atoms with E-state index in [0.29, 0.717) is 22.1 Å². The number of non-ortho nitro benzene ring substituents is 1. The third-order valence-electron chi connectivity index (χ3n) is 3.78. The number of hydrogen-bond acceptors (Lipinski definition) is 6. The molecule has 0 bridgehead atoms. The van der Waals surface area contributed by atoms with Crippen molar-refractivity contribution in [3.05, 3.63) is 69.6 Å². The Kier molecular flexibility index (Phi) is 5.77. The van der Waals surface area contributed by atoms with E-state index in [-0.39, 0.29) is 18.2 Å². The number of nitrogens with zero attached hydrogens (tertiary/aromatic N) is 2. The molecule has 27 heavy (non-hydrogen) atoms. The molecule has 0 spiro atoms. The summed E-state index contributed by atoms with van der Waals surface area (Å²) in [6.45, 7) is 1.92. The molecule has 1 aromatic heterocycles. The molecule has 0 radical (unpaired) electrons. The highest BCUT2D eigenvalue weighted by molar-refractivity contribution is 7.14. The van der Waals surface area contributed by atoms with Crippen LogP contribution in [-0.2, 0) is 11.2 Å². The lowest BCUT2D eigenvalue weighted by atomic mass is 10.1. The van der Waals surface area contributed by atoms with E-state index in [4.69, 9.17) is 4.74 Å². The molecule has 0 unspecified atom stereocenters. The summed E-state index contributed by atoms with van der Waals surface area (Å²) >= 11 is 1.25. The van der Waals surface area contributed by atoms with E-state index in [9.17, 15) is 14.9 Å². The van der Waals surface area contributed by atoms with Crippen LogP contribution in [0.1, 0.15) is 12.5 Å². The number of rotatable bonds is 7. The Morgan fingerprint density at radius 3 is 2.85 bits per heavy atom. The van der Waals surface area contributed by atoms with Crippen LogP contribution in [0, 0.1) is 10.1 Å². The lowest BCUT2D eigenvalue weighted by Crippen LogP contribution is -2.20. The summed E-state index contributed by atoms with van der Waals surface area (Å²) in [5.74, 6) is 0.317. The molecule has 1 heterocycles. The highest BCUT2D eigenvalue weighted by Crippen LogP contribution is 2.27. The molecule has 3 aromatic rings. The van der Waals surface area contributed by atoms with Crippen molar-refractivity contribution in [1.82, 2.24) is 4.98 Å². The van der Waals surface area contributed by atoms with Crippen LogP contribution in [-0.4, -0.2) is 22.4 Å². The van der Waals surface area contributed by atoms with Crippen molar-refractivity contribution in [2.45, 2.75) is 13.3 Å². The number of carbonyl (C=O) groups excluding carboxylic acids is 1. The van der Waals surface area contributed by atoms with Gasteiger partial charge in [0.15, 0.2) is 11.7 Å². The first kappa shape index (κ1) is 18.5. The second kappa shape index (κ2) is 8.41. The second-order valence-electron chi connectivity index (χ2n) is 5.68. The van der Waals surface area contributed by atoms with Gasteiger partial charge in [-0.15, -0.1) is 11.3 Å². The number of nitrogens with one attached hydrogen (secondary N) is 1. The number of aryl methyl sites for hydroxylation is 1. The van der Waals surface area contributed by atoms with Crippen molar-refractivity contribution in [3.63, 3.8) is 0 Å². The summed E-state index contributed by atoms with van der Waals surface area (Å²) in [6.07, 6.45) is 0.892. The minimum absolute atomic E-state index is 0.00575. The summed E-state index contributed by atoms with van der Waals surface area (Å²) in [4.78, 5) is 26.8. The average Bonchev–Trinajstić information content (AvgIpc) is 3.15. The molecule has 1 amide bonds. The predicted octanol–water partition coefficient (Wildman–Crippen LogP) is 4.30. The molecule has 3 rings (SSSR count). The molecule has 0 aliphatic rings. The molecule has 0 fully saturated rings. The number of amides is 1. The van der Waals surface area contributed by atoms with Gasteiger partial charge in [0.2, 0.25) is 0 Å². The Morgan fingerprint density at radius 1 is 1.26 bits per heavy atom. The summed E-state index contributed by atoms with van der Waals surface area (Å²) in [7, 11) is 0. The maximum absolute atomic E-state index is 12.1. The summed E-state index contributed by atoms with van der Waals surface area (Å²) in [5, 5.41) is 15.7. The normalized spacial score (nSPS) is 10.4. The number of anilines is 1. The Morgan fingerprint density at radius 2 is 2.07 bits per heavy atom. The third kappa shape index (κ3) is 4.89. The molecule has 1 N–H and O–H groups in total. The Hall–Kier alpha value is -3.26. The number of hydrogen-bond donors (Lipinski definition) is 1. The average molecular weight is 383 g/mol. The first-order chi connectivity index (χ1) is 13.0. The Bertz CT molecular complexity index is 971. The zero-order valence-electron chi connectivity index (χ0n) is 14.5. The first-order valence-corrected chi connectivity index (χ1v) is 9.15. The zero-order chi connectivity index (χ0) is 19.2. The fourth-order valence-corrected chi connectivity index (χ4v) is 3.14. The van der Waals surface area contributed by atoms with Gasteiger partial charge in [-0.2, -0.15) is 0 Å². The van der Waals surface area contributed by atoms with E-state index in [1.54, 1.807) is 23.6 Å². The minimum atomic E-state index is -0.455. The van der Waals surface area contributed by atoms with Crippen molar-refractivity contribution >= 4 is 28.1 Å². The second-order valence-corrected chi connectivity index (χ2v) is 6.54. The summed E-state index contributed by atoms with van der Waals surface area (Å²) in [5.41, 5.74) is 2.31. The van der Waals surface area contributed by atoms with Gasteiger partial charge in [0.25, 0.3) is 11.6 Å². The highest BCUT2D eigenvalue weighted by atomic mass is 32.1. The number of aromatic nitrogens is 1. The Labute approximate surface area is 159 Å². The van der Waals surface area contributed by atoms with Gasteiger partial charge < -0.3 is 4.74 Å². The Balaban J connectivity index is 1.61. The van der Waals surface area contributed by atoms with Crippen LogP contribution in [0.15, 0.2) is 53.9 Å². The topological polar surface area (TPSA) is 94.4 Å². The minimum Gasteiger partial charge on any atom is -0.484 e. The monoisotopic (exact) mass is 383 g/mol. The molecular formula is C19H17N3O4S.